The number of methoxy groups -OCH3 is 3. The van der Waals surface area contributed by atoms with Crippen molar-refractivity contribution >= 4 is 51.9 Å². The van der Waals surface area contributed by atoms with Crippen molar-refractivity contribution in [1.82, 2.24) is 0 Å². The molecule has 29 heavy (non-hydrogen) atoms. The number of thiocarbonyl (C=S) groups is 1. The van der Waals surface area contributed by atoms with E-state index in [9.17, 15) is 9.59 Å². The predicted octanol–water partition coefficient (Wildman–Crippen LogP) is 3.22. The van der Waals surface area contributed by atoms with Crippen molar-refractivity contribution in [3.63, 3.8) is 0 Å². The lowest BCUT2D eigenvalue weighted by Gasteiger charge is -2.17. The maximum absolute atomic E-state index is 13.1. The highest BCUT2D eigenvalue weighted by Gasteiger charge is 2.35. The van der Waals surface area contributed by atoms with Crippen LogP contribution in [0.4, 0.5) is 5.69 Å². The fraction of sp³-hybridized carbons (Fsp3) is 0.150. The van der Waals surface area contributed by atoms with E-state index in [0.29, 0.717) is 37.7 Å². The summed E-state index contributed by atoms with van der Waals surface area (Å²) in [5.41, 5.74) is 6.63. The largest absolute Gasteiger partial charge is 0.493 e. The number of amides is 2. The van der Waals surface area contributed by atoms with Crippen LogP contribution in [-0.2, 0) is 4.79 Å². The van der Waals surface area contributed by atoms with Gasteiger partial charge in [-0.05, 0) is 30.3 Å². The quantitative estimate of drug-likeness (QED) is 0.556. The van der Waals surface area contributed by atoms with Gasteiger partial charge in [-0.25, -0.2) is 0 Å². The fourth-order valence-electron chi connectivity index (χ4n) is 2.93. The minimum Gasteiger partial charge on any atom is -0.493 e. The molecular formula is C20H18N2O5S2. The molecule has 1 saturated heterocycles. The molecule has 0 bridgehead atoms. The summed E-state index contributed by atoms with van der Waals surface area (Å²) in [6.07, 6.45) is 1.66. The molecule has 2 N–H and O–H groups in total. The second kappa shape index (κ2) is 8.54. The Kier molecular flexibility index (Phi) is 6.09. The Balaban J connectivity index is 2.05. The molecule has 0 spiro atoms. The van der Waals surface area contributed by atoms with Crippen LogP contribution in [0.5, 0.6) is 17.2 Å². The normalized spacial score (nSPS) is 15.0. The molecule has 0 radical (unpaired) electrons. The van der Waals surface area contributed by atoms with Gasteiger partial charge in [-0.3, -0.25) is 14.5 Å². The molecule has 0 aliphatic carbocycles. The number of primary amides is 1. The first-order valence-corrected chi connectivity index (χ1v) is 9.61. The molecule has 7 nitrogen and oxygen atoms in total. The van der Waals surface area contributed by atoms with Gasteiger partial charge in [-0.1, -0.05) is 36.1 Å². The maximum atomic E-state index is 13.1. The summed E-state index contributed by atoms with van der Waals surface area (Å²) in [4.78, 5) is 26.5. The predicted molar refractivity (Wildman–Crippen MR) is 117 cm³/mol. The van der Waals surface area contributed by atoms with E-state index in [1.165, 1.54) is 26.2 Å². The summed E-state index contributed by atoms with van der Waals surface area (Å²) in [5.74, 6) is 0.350. The van der Waals surface area contributed by atoms with Crippen molar-refractivity contribution in [3.05, 3.63) is 52.4 Å². The van der Waals surface area contributed by atoms with Crippen molar-refractivity contribution in [2.24, 2.45) is 5.73 Å². The van der Waals surface area contributed by atoms with Gasteiger partial charge in [0, 0.05) is 5.56 Å². The van der Waals surface area contributed by atoms with Gasteiger partial charge in [0.1, 0.15) is 0 Å². The Labute approximate surface area is 177 Å². The molecule has 1 heterocycles. The maximum Gasteiger partial charge on any atom is 0.270 e. The lowest BCUT2D eigenvalue weighted by molar-refractivity contribution is -0.113. The average Bonchev–Trinajstić information content (AvgIpc) is 3.00. The number of ether oxygens (including phenoxy) is 3. The zero-order chi connectivity index (χ0) is 21.1. The summed E-state index contributed by atoms with van der Waals surface area (Å²) >= 11 is 6.51. The highest BCUT2D eigenvalue weighted by molar-refractivity contribution is 8.27. The first-order chi connectivity index (χ1) is 13.9. The first-order valence-electron chi connectivity index (χ1n) is 8.38. The summed E-state index contributed by atoms with van der Waals surface area (Å²) in [5, 5.41) is 0. The Morgan fingerprint density at radius 2 is 1.76 bits per heavy atom. The van der Waals surface area contributed by atoms with Crippen LogP contribution in [0.25, 0.3) is 6.08 Å². The van der Waals surface area contributed by atoms with Crippen LogP contribution in [-0.4, -0.2) is 37.5 Å². The summed E-state index contributed by atoms with van der Waals surface area (Å²) in [6, 6.07) is 10.0. The van der Waals surface area contributed by atoms with Crippen LogP contribution in [0, 0.1) is 0 Å². The van der Waals surface area contributed by atoms with Crippen LogP contribution in [0.3, 0.4) is 0 Å². The Hall–Kier alpha value is -3.04. The Bertz CT molecular complexity index is 1040. The van der Waals surface area contributed by atoms with E-state index in [-0.39, 0.29) is 11.5 Å². The monoisotopic (exact) mass is 430 g/mol. The minimum atomic E-state index is -0.639. The number of anilines is 1. The fourth-order valence-corrected chi connectivity index (χ4v) is 4.21. The lowest BCUT2D eigenvalue weighted by atomic mass is 10.1. The molecule has 2 aromatic rings. The van der Waals surface area contributed by atoms with Gasteiger partial charge in [-0.2, -0.15) is 0 Å². The standard InChI is InChI=1S/C20H18N2O5S2/c1-25-14-9-8-11(16(26-2)17(14)27-3)10-15-19(24)22(20(28)29-15)13-7-5-4-6-12(13)18(21)23/h4-10H,1-3H3,(H2,21,23)/b15-10-. The van der Waals surface area contributed by atoms with Crippen molar-refractivity contribution in [1.29, 1.82) is 0 Å². The van der Waals surface area contributed by atoms with Crippen molar-refractivity contribution in [2.75, 3.05) is 26.2 Å². The van der Waals surface area contributed by atoms with Crippen LogP contribution >= 0.6 is 24.0 Å². The smallest absolute Gasteiger partial charge is 0.270 e. The molecule has 9 heteroatoms. The molecule has 1 aliphatic rings. The SMILES string of the molecule is COc1ccc(/C=C2\SC(=S)N(c3ccccc3C(N)=O)C2=O)c(OC)c1OC. The molecule has 0 unspecified atom stereocenters. The van der Waals surface area contributed by atoms with E-state index in [0.717, 1.165) is 11.8 Å². The summed E-state index contributed by atoms with van der Waals surface area (Å²) < 4.78 is 16.4. The second-order valence-corrected chi connectivity index (χ2v) is 7.50. The van der Waals surface area contributed by atoms with Gasteiger partial charge in [0.15, 0.2) is 15.8 Å². The van der Waals surface area contributed by atoms with E-state index in [1.54, 1.807) is 42.5 Å². The van der Waals surface area contributed by atoms with Gasteiger partial charge >= 0.3 is 0 Å². The highest BCUT2D eigenvalue weighted by atomic mass is 32.2. The number of thioether (sulfide) groups is 1. The third-order valence-corrected chi connectivity index (χ3v) is 5.53. The zero-order valence-electron chi connectivity index (χ0n) is 15.9. The molecule has 1 fully saturated rings. The molecule has 150 valence electrons. The molecule has 2 amide bonds. The van der Waals surface area contributed by atoms with Crippen molar-refractivity contribution in [3.8, 4) is 17.2 Å². The van der Waals surface area contributed by atoms with Crippen LogP contribution in [0.2, 0.25) is 0 Å². The van der Waals surface area contributed by atoms with E-state index in [2.05, 4.69) is 0 Å². The van der Waals surface area contributed by atoms with Crippen LogP contribution in [0.15, 0.2) is 41.3 Å². The number of nitrogens with two attached hydrogens (primary N) is 1. The van der Waals surface area contributed by atoms with Gasteiger partial charge in [0.05, 0.1) is 37.5 Å². The van der Waals surface area contributed by atoms with E-state index >= 15 is 0 Å². The number of carbonyl (C=O) groups is 2. The number of carbonyl (C=O) groups excluding carboxylic acids is 2. The van der Waals surface area contributed by atoms with E-state index in [1.807, 2.05) is 0 Å². The van der Waals surface area contributed by atoms with Gasteiger partial charge in [-0.15, -0.1) is 0 Å². The molecule has 0 aromatic heterocycles. The number of hydrogen-bond donors (Lipinski definition) is 1. The highest BCUT2D eigenvalue weighted by Crippen LogP contribution is 2.43. The molecule has 1 aliphatic heterocycles. The number of nitrogens with zero attached hydrogens (tertiary/aromatic N) is 1. The molecule has 3 rings (SSSR count). The Morgan fingerprint density at radius 1 is 1.07 bits per heavy atom. The van der Waals surface area contributed by atoms with Gasteiger partial charge in [0.2, 0.25) is 5.75 Å². The molecule has 0 atom stereocenters. The van der Waals surface area contributed by atoms with Crippen molar-refractivity contribution < 1.29 is 23.8 Å². The van der Waals surface area contributed by atoms with Gasteiger partial charge < -0.3 is 19.9 Å². The third kappa shape index (κ3) is 3.79. The number of hydrogen-bond acceptors (Lipinski definition) is 7. The van der Waals surface area contributed by atoms with Crippen molar-refractivity contribution in [2.45, 2.75) is 0 Å². The third-order valence-electron chi connectivity index (χ3n) is 4.23. The number of rotatable bonds is 6. The topological polar surface area (TPSA) is 91.1 Å². The van der Waals surface area contributed by atoms with Crippen LogP contribution < -0.4 is 24.8 Å². The summed E-state index contributed by atoms with van der Waals surface area (Å²) in [7, 11) is 4.53. The van der Waals surface area contributed by atoms with E-state index in [4.69, 9.17) is 32.2 Å². The summed E-state index contributed by atoms with van der Waals surface area (Å²) in [6.45, 7) is 0. The van der Waals surface area contributed by atoms with Gasteiger partial charge in [0.25, 0.3) is 11.8 Å². The minimum absolute atomic E-state index is 0.216. The molecule has 0 saturated carbocycles. The molecule has 2 aromatic carbocycles. The number of benzene rings is 2. The van der Waals surface area contributed by atoms with E-state index < -0.39 is 5.91 Å². The Morgan fingerprint density at radius 3 is 2.38 bits per heavy atom. The zero-order valence-corrected chi connectivity index (χ0v) is 17.6. The van der Waals surface area contributed by atoms with Crippen LogP contribution in [0.1, 0.15) is 15.9 Å². The molecular weight excluding hydrogens is 412 g/mol. The first kappa shape index (κ1) is 20.7. The number of para-hydroxylation sites is 1. The lowest BCUT2D eigenvalue weighted by Crippen LogP contribution is -2.30. The second-order valence-electron chi connectivity index (χ2n) is 5.82. The average molecular weight is 431 g/mol.